The first-order valence-electron chi connectivity index (χ1n) is 6.24. The van der Waals surface area contributed by atoms with Crippen LogP contribution in [0.15, 0.2) is 36.4 Å². The highest BCUT2D eigenvalue weighted by atomic mass is 35.5. The molecule has 0 atom stereocenters. The summed E-state index contributed by atoms with van der Waals surface area (Å²) in [5, 5.41) is 11.4. The zero-order valence-corrected chi connectivity index (χ0v) is 12.9. The number of fused-ring (bicyclic) bond motifs is 1. The summed E-state index contributed by atoms with van der Waals surface area (Å²) in [6, 6.07) is 9.41. The van der Waals surface area contributed by atoms with E-state index in [2.05, 4.69) is 15.6 Å². The van der Waals surface area contributed by atoms with Crippen molar-refractivity contribution in [3.05, 3.63) is 46.4 Å². The van der Waals surface area contributed by atoms with Gasteiger partial charge in [-0.25, -0.2) is 4.79 Å². The molecule has 3 rings (SSSR count). The fourth-order valence-corrected chi connectivity index (χ4v) is 2.33. The highest BCUT2D eigenvalue weighted by molar-refractivity contribution is 6.31. The minimum absolute atomic E-state index is 0.442. The molecule has 0 spiro atoms. The number of carbonyl (C=O) groups excluding carboxylic acids is 1. The van der Waals surface area contributed by atoms with E-state index in [1.165, 1.54) is 7.11 Å². The molecule has 0 saturated heterocycles. The lowest BCUT2D eigenvalue weighted by Gasteiger charge is -2.10. The Labute approximate surface area is 135 Å². The molecule has 2 aromatic carbocycles. The Kier molecular flexibility index (Phi) is 3.87. The fourth-order valence-electron chi connectivity index (χ4n) is 1.99. The minimum atomic E-state index is -0.481. The predicted octanol–water partition coefficient (Wildman–Crippen LogP) is 3.83. The van der Waals surface area contributed by atoms with Crippen molar-refractivity contribution in [2.45, 2.75) is 0 Å². The average molecular weight is 337 g/mol. The van der Waals surface area contributed by atoms with Crippen LogP contribution in [0.5, 0.6) is 5.75 Å². The number of nitrogens with zero attached hydrogens (tertiary/aromatic N) is 3. The number of anilines is 1. The summed E-state index contributed by atoms with van der Waals surface area (Å²) in [5.41, 5.74) is 1.52. The van der Waals surface area contributed by atoms with E-state index in [0.717, 1.165) is 4.68 Å². The Balaban J connectivity index is 1.95. The van der Waals surface area contributed by atoms with Gasteiger partial charge in [-0.15, -0.1) is 5.10 Å². The van der Waals surface area contributed by atoms with Gasteiger partial charge in [-0.1, -0.05) is 28.4 Å². The lowest BCUT2D eigenvalue weighted by molar-refractivity contribution is 0.251. The summed E-state index contributed by atoms with van der Waals surface area (Å²) in [6.07, 6.45) is 0. The molecule has 1 aromatic heterocycles. The zero-order valence-electron chi connectivity index (χ0n) is 11.4. The lowest BCUT2D eigenvalue weighted by atomic mass is 10.3. The molecular formula is C14H10Cl2N4O2. The van der Waals surface area contributed by atoms with Crippen LogP contribution in [0, 0.1) is 0 Å². The van der Waals surface area contributed by atoms with Crippen molar-refractivity contribution in [1.82, 2.24) is 15.0 Å². The minimum Gasteiger partial charge on any atom is -0.495 e. The smallest absolute Gasteiger partial charge is 0.348 e. The molecule has 3 aromatic rings. The standard InChI is InChI=1S/C14H10Cl2N4O2/c1-22-13-5-3-9(16)7-11(13)17-14(21)20-12-4-2-8(15)6-10(12)18-19-20/h2-7H,1H3,(H,17,21). The molecule has 112 valence electrons. The Morgan fingerprint density at radius 2 is 1.91 bits per heavy atom. The molecule has 0 radical (unpaired) electrons. The summed E-state index contributed by atoms with van der Waals surface area (Å²) < 4.78 is 6.33. The van der Waals surface area contributed by atoms with E-state index in [4.69, 9.17) is 27.9 Å². The second kappa shape index (κ2) is 5.82. The second-order valence-electron chi connectivity index (χ2n) is 4.41. The average Bonchev–Trinajstić information content (AvgIpc) is 2.90. The third-order valence-corrected chi connectivity index (χ3v) is 3.47. The van der Waals surface area contributed by atoms with Crippen LogP contribution in [0.4, 0.5) is 10.5 Å². The molecule has 22 heavy (non-hydrogen) atoms. The van der Waals surface area contributed by atoms with Gasteiger partial charge < -0.3 is 10.1 Å². The van der Waals surface area contributed by atoms with Crippen LogP contribution in [-0.4, -0.2) is 28.1 Å². The highest BCUT2D eigenvalue weighted by Gasteiger charge is 2.14. The van der Waals surface area contributed by atoms with Crippen molar-refractivity contribution in [3.8, 4) is 5.75 Å². The molecule has 0 aliphatic rings. The number of rotatable bonds is 2. The van der Waals surface area contributed by atoms with Crippen LogP contribution < -0.4 is 10.1 Å². The van der Waals surface area contributed by atoms with E-state index in [9.17, 15) is 4.79 Å². The summed E-state index contributed by atoms with van der Waals surface area (Å²) in [5.74, 6) is 0.491. The van der Waals surface area contributed by atoms with E-state index in [-0.39, 0.29) is 0 Å². The maximum atomic E-state index is 12.4. The zero-order chi connectivity index (χ0) is 15.7. The first-order chi connectivity index (χ1) is 10.6. The van der Waals surface area contributed by atoms with Gasteiger partial charge in [0.2, 0.25) is 0 Å². The Morgan fingerprint density at radius 3 is 2.68 bits per heavy atom. The lowest BCUT2D eigenvalue weighted by Crippen LogP contribution is -2.21. The molecule has 0 aliphatic carbocycles. The largest absolute Gasteiger partial charge is 0.495 e. The van der Waals surface area contributed by atoms with E-state index >= 15 is 0 Å². The molecule has 8 heteroatoms. The molecule has 0 fully saturated rings. The molecule has 1 heterocycles. The van der Waals surface area contributed by atoms with Gasteiger partial charge in [0.05, 0.1) is 18.3 Å². The third-order valence-electron chi connectivity index (χ3n) is 3.00. The highest BCUT2D eigenvalue weighted by Crippen LogP contribution is 2.28. The summed E-state index contributed by atoms with van der Waals surface area (Å²) in [6.45, 7) is 0. The number of aromatic nitrogens is 3. The van der Waals surface area contributed by atoms with Crippen molar-refractivity contribution >= 4 is 46.0 Å². The molecule has 6 nitrogen and oxygen atoms in total. The SMILES string of the molecule is COc1ccc(Cl)cc1NC(=O)n1nnc2cc(Cl)ccc21. The molecule has 1 N–H and O–H groups in total. The van der Waals surface area contributed by atoms with Gasteiger partial charge in [0, 0.05) is 10.0 Å². The summed E-state index contributed by atoms with van der Waals surface area (Å²) in [7, 11) is 1.51. The normalized spacial score (nSPS) is 10.7. The monoisotopic (exact) mass is 336 g/mol. The second-order valence-corrected chi connectivity index (χ2v) is 5.28. The number of nitrogens with one attached hydrogen (secondary N) is 1. The van der Waals surface area contributed by atoms with Crippen LogP contribution in [0.3, 0.4) is 0 Å². The van der Waals surface area contributed by atoms with Gasteiger partial charge in [-0.3, -0.25) is 0 Å². The maximum Gasteiger partial charge on any atom is 0.348 e. The van der Waals surface area contributed by atoms with Crippen LogP contribution in [0.25, 0.3) is 11.0 Å². The van der Waals surface area contributed by atoms with E-state index in [1.54, 1.807) is 36.4 Å². The molecular weight excluding hydrogens is 327 g/mol. The Bertz CT molecular complexity index is 863. The maximum absolute atomic E-state index is 12.4. The van der Waals surface area contributed by atoms with Crippen LogP contribution in [0.1, 0.15) is 0 Å². The Hall–Kier alpha value is -2.31. The fraction of sp³-hybridized carbons (Fsp3) is 0.0714. The van der Waals surface area contributed by atoms with Crippen molar-refractivity contribution in [2.24, 2.45) is 0 Å². The van der Waals surface area contributed by atoms with Gasteiger partial charge in [0.25, 0.3) is 0 Å². The molecule has 1 amide bonds. The summed E-state index contributed by atoms with van der Waals surface area (Å²) in [4.78, 5) is 12.4. The number of hydrogen-bond donors (Lipinski definition) is 1. The van der Waals surface area contributed by atoms with Gasteiger partial charge in [-0.2, -0.15) is 4.68 Å². The molecule has 0 unspecified atom stereocenters. The molecule has 0 bridgehead atoms. The first-order valence-corrected chi connectivity index (χ1v) is 7.00. The van der Waals surface area contributed by atoms with Gasteiger partial charge >= 0.3 is 6.03 Å². The van der Waals surface area contributed by atoms with E-state index in [0.29, 0.717) is 32.5 Å². The van der Waals surface area contributed by atoms with Crippen LogP contribution in [0.2, 0.25) is 10.0 Å². The number of halogens is 2. The third kappa shape index (κ3) is 2.70. The first kappa shape index (κ1) is 14.6. The number of methoxy groups -OCH3 is 1. The van der Waals surface area contributed by atoms with Crippen LogP contribution >= 0.6 is 23.2 Å². The number of ether oxygens (including phenoxy) is 1. The quantitative estimate of drug-likeness (QED) is 0.772. The van der Waals surface area contributed by atoms with Crippen molar-refractivity contribution in [3.63, 3.8) is 0 Å². The topological polar surface area (TPSA) is 69.0 Å². The van der Waals surface area contributed by atoms with Crippen LogP contribution in [-0.2, 0) is 0 Å². The van der Waals surface area contributed by atoms with Gasteiger partial charge in [0.15, 0.2) is 0 Å². The number of amides is 1. The van der Waals surface area contributed by atoms with Crippen molar-refractivity contribution in [2.75, 3.05) is 12.4 Å². The molecule has 0 saturated carbocycles. The molecule has 0 aliphatic heterocycles. The van der Waals surface area contributed by atoms with Gasteiger partial charge in [0.1, 0.15) is 11.3 Å². The van der Waals surface area contributed by atoms with E-state index in [1.807, 2.05) is 0 Å². The number of hydrogen-bond acceptors (Lipinski definition) is 4. The van der Waals surface area contributed by atoms with E-state index < -0.39 is 6.03 Å². The Morgan fingerprint density at radius 1 is 1.18 bits per heavy atom. The van der Waals surface area contributed by atoms with Gasteiger partial charge in [-0.05, 0) is 36.4 Å². The number of benzene rings is 2. The van der Waals surface area contributed by atoms with Crippen molar-refractivity contribution < 1.29 is 9.53 Å². The summed E-state index contributed by atoms with van der Waals surface area (Å²) >= 11 is 11.8. The van der Waals surface area contributed by atoms with Crippen molar-refractivity contribution in [1.29, 1.82) is 0 Å². The number of carbonyl (C=O) groups is 1. The predicted molar refractivity (Wildman–Crippen MR) is 85.0 cm³/mol.